The van der Waals surface area contributed by atoms with Crippen LogP contribution in [0.2, 0.25) is 5.02 Å². The largest absolute Gasteiger partial charge is 0.496 e. The fourth-order valence-corrected chi connectivity index (χ4v) is 2.47. The van der Waals surface area contributed by atoms with Gasteiger partial charge in [-0.3, -0.25) is 4.68 Å². The number of rotatable bonds is 4. The summed E-state index contributed by atoms with van der Waals surface area (Å²) < 4.78 is 7.13. The molecule has 0 aliphatic rings. The molecule has 0 aliphatic carbocycles. The van der Waals surface area contributed by atoms with E-state index in [4.69, 9.17) is 22.1 Å². The normalized spacial score (nSPS) is 11.1. The summed E-state index contributed by atoms with van der Waals surface area (Å²) in [5, 5.41) is 5.18. The number of aryl methyl sites for hydroxylation is 1. The van der Waals surface area contributed by atoms with Gasteiger partial charge >= 0.3 is 0 Å². The van der Waals surface area contributed by atoms with E-state index in [2.05, 4.69) is 18.9 Å². The molecule has 0 fully saturated rings. The van der Waals surface area contributed by atoms with Crippen molar-refractivity contribution in [1.29, 1.82) is 0 Å². The molecule has 2 rings (SSSR count). The van der Waals surface area contributed by atoms with Gasteiger partial charge in [0.1, 0.15) is 11.6 Å². The van der Waals surface area contributed by atoms with Crippen molar-refractivity contribution in [3.05, 3.63) is 28.9 Å². The van der Waals surface area contributed by atoms with E-state index in [0.29, 0.717) is 16.8 Å². The number of hydrogen-bond donors (Lipinski definition) is 1. The van der Waals surface area contributed by atoms with Crippen molar-refractivity contribution in [1.82, 2.24) is 9.78 Å². The van der Waals surface area contributed by atoms with Crippen LogP contribution in [-0.2, 0) is 13.5 Å². The van der Waals surface area contributed by atoms with Crippen LogP contribution in [-0.4, -0.2) is 16.9 Å². The first-order chi connectivity index (χ1) is 9.43. The lowest BCUT2D eigenvalue weighted by Crippen LogP contribution is -1.98. The predicted octanol–water partition coefficient (Wildman–Crippen LogP) is 3.53. The van der Waals surface area contributed by atoms with E-state index in [1.165, 1.54) is 0 Å². The molecule has 0 saturated carbocycles. The van der Waals surface area contributed by atoms with Crippen LogP contribution in [0.3, 0.4) is 0 Å². The third-order valence-electron chi connectivity index (χ3n) is 3.20. The summed E-state index contributed by atoms with van der Waals surface area (Å²) in [6.07, 6.45) is 0.857. The quantitative estimate of drug-likeness (QED) is 0.938. The van der Waals surface area contributed by atoms with Crippen LogP contribution in [0, 0.1) is 5.92 Å². The lowest BCUT2D eigenvalue weighted by atomic mass is 9.99. The van der Waals surface area contributed by atoms with Gasteiger partial charge in [-0.05, 0) is 30.5 Å². The minimum atomic E-state index is 0.494. The van der Waals surface area contributed by atoms with E-state index in [1.807, 2.05) is 19.2 Å². The van der Waals surface area contributed by atoms with Crippen LogP contribution >= 0.6 is 11.6 Å². The Kier molecular flexibility index (Phi) is 4.23. The minimum absolute atomic E-state index is 0.494. The Labute approximate surface area is 124 Å². The summed E-state index contributed by atoms with van der Waals surface area (Å²) in [4.78, 5) is 0. The van der Waals surface area contributed by atoms with Crippen LogP contribution < -0.4 is 10.5 Å². The Bertz CT molecular complexity index is 620. The Morgan fingerprint density at radius 2 is 2.10 bits per heavy atom. The zero-order valence-corrected chi connectivity index (χ0v) is 13.0. The van der Waals surface area contributed by atoms with E-state index >= 15 is 0 Å². The van der Waals surface area contributed by atoms with Crippen molar-refractivity contribution >= 4 is 17.4 Å². The molecule has 1 aromatic carbocycles. The average Bonchev–Trinajstić information content (AvgIpc) is 2.64. The molecule has 20 heavy (non-hydrogen) atoms. The van der Waals surface area contributed by atoms with E-state index in [9.17, 15) is 0 Å². The van der Waals surface area contributed by atoms with E-state index in [0.717, 1.165) is 29.0 Å². The molecule has 0 unspecified atom stereocenters. The number of nitrogens with two attached hydrogens (primary N) is 1. The summed E-state index contributed by atoms with van der Waals surface area (Å²) in [5.41, 5.74) is 8.97. The number of halogens is 1. The first-order valence-corrected chi connectivity index (χ1v) is 6.97. The second-order valence-electron chi connectivity index (χ2n) is 5.27. The van der Waals surface area contributed by atoms with Gasteiger partial charge < -0.3 is 10.5 Å². The Balaban J connectivity index is 2.65. The van der Waals surface area contributed by atoms with Crippen LogP contribution in [0.5, 0.6) is 5.75 Å². The van der Waals surface area contributed by atoms with Gasteiger partial charge in [0.05, 0.1) is 18.4 Å². The summed E-state index contributed by atoms with van der Waals surface area (Å²) in [5.74, 6) is 1.87. The summed E-state index contributed by atoms with van der Waals surface area (Å²) in [7, 11) is 3.49. The highest BCUT2D eigenvalue weighted by atomic mass is 35.5. The first-order valence-electron chi connectivity index (χ1n) is 6.59. The Hall–Kier alpha value is -1.68. The molecule has 0 saturated heterocycles. The molecule has 108 valence electrons. The van der Waals surface area contributed by atoms with Gasteiger partial charge in [-0.25, -0.2) is 0 Å². The van der Waals surface area contributed by atoms with Crippen LogP contribution in [0.15, 0.2) is 18.2 Å². The van der Waals surface area contributed by atoms with Gasteiger partial charge in [0.15, 0.2) is 0 Å². The highest BCUT2D eigenvalue weighted by Gasteiger charge is 2.20. The Morgan fingerprint density at radius 3 is 2.70 bits per heavy atom. The first kappa shape index (κ1) is 14.7. The van der Waals surface area contributed by atoms with Crippen molar-refractivity contribution in [2.75, 3.05) is 12.8 Å². The molecule has 2 aromatic rings. The fraction of sp³-hybridized carbons (Fsp3) is 0.400. The highest BCUT2D eigenvalue weighted by molar-refractivity contribution is 6.31. The third-order valence-corrected chi connectivity index (χ3v) is 3.43. The van der Waals surface area contributed by atoms with Gasteiger partial charge in [0, 0.05) is 17.6 Å². The molecule has 0 spiro atoms. The van der Waals surface area contributed by atoms with E-state index in [-0.39, 0.29) is 0 Å². The number of hydrogen-bond acceptors (Lipinski definition) is 3. The maximum atomic E-state index is 6.19. The lowest BCUT2D eigenvalue weighted by molar-refractivity contribution is 0.416. The number of benzene rings is 1. The third kappa shape index (κ3) is 2.75. The molecule has 1 aromatic heterocycles. The maximum Gasteiger partial charge on any atom is 0.129 e. The summed E-state index contributed by atoms with van der Waals surface area (Å²) in [6, 6.07) is 5.53. The molecule has 0 radical (unpaired) electrons. The summed E-state index contributed by atoms with van der Waals surface area (Å²) in [6.45, 7) is 4.31. The second kappa shape index (κ2) is 5.75. The van der Waals surface area contributed by atoms with Crippen molar-refractivity contribution < 1.29 is 4.74 Å². The van der Waals surface area contributed by atoms with Crippen LogP contribution in [0.4, 0.5) is 5.82 Å². The lowest BCUT2D eigenvalue weighted by Gasteiger charge is -2.11. The molecular formula is C15H20ClN3O. The average molecular weight is 294 g/mol. The monoisotopic (exact) mass is 293 g/mol. The standard InChI is InChI=1S/C15H20ClN3O/c1-9(2)7-12-14(15(17)19(3)18-12)11-8-10(16)5-6-13(11)20-4/h5-6,8-9H,7,17H2,1-4H3. The zero-order valence-electron chi connectivity index (χ0n) is 12.3. The molecule has 0 atom stereocenters. The number of aromatic nitrogens is 2. The summed E-state index contributed by atoms with van der Waals surface area (Å²) >= 11 is 6.12. The van der Waals surface area contributed by atoms with Gasteiger partial charge in [-0.2, -0.15) is 5.10 Å². The second-order valence-corrected chi connectivity index (χ2v) is 5.71. The molecule has 0 aliphatic heterocycles. The molecule has 0 amide bonds. The number of methoxy groups -OCH3 is 1. The Morgan fingerprint density at radius 1 is 1.40 bits per heavy atom. The van der Waals surface area contributed by atoms with Crippen LogP contribution in [0.1, 0.15) is 19.5 Å². The SMILES string of the molecule is COc1ccc(Cl)cc1-c1c(CC(C)C)nn(C)c1N. The van der Waals surface area contributed by atoms with Crippen LogP contribution in [0.25, 0.3) is 11.1 Å². The fourth-order valence-electron chi connectivity index (χ4n) is 2.29. The number of nitrogen functional groups attached to an aromatic ring is 1. The zero-order chi connectivity index (χ0) is 14.9. The molecular weight excluding hydrogens is 274 g/mol. The molecule has 4 nitrogen and oxygen atoms in total. The van der Waals surface area contributed by atoms with E-state index < -0.39 is 0 Å². The van der Waals surface area contributed by atoms with Crippen molar-refractivity contribution in [3.63, 3.8) is 0 Å². The highest BCUT2D eigenvalue weighted by Crippen LogP contribution is 2.38. The van der Waals surface area contributed by atoms with Crippen molar-refractivity contribution in [3.8, 4) is 16.9 Å². The molecule has 0 bridgehead atoms. The van der Waals surface area contributed by atoms with Crippen molar-refractivity contribution in [2.45, 2.75) is 20.3 Å². The molecule has 5 heteroatoms. The van der Waals surface area contributed by atoms with E-state index in [1.54, 1.807) is 17.9 Å². The molecule has 2 N–H and O–H groups in total. The van der Waals surface area contributed by atoms with Gasteiger partial charge in [-0.1, -0.05) is 25.4 Å². The van der Waals surface area contributed by atoms with Crippen molar-refractivity contribution in [2.24, 2.45) is 13.0 Å². The van der Waals surface area contributed by atoms with Gasteiger partial charge in [0.2, 0.25) is 0 Å². The topological polar surface area (TPSA) is 53.1 Å². The van der Waals surface area contributed by atoms with Gasteiger partial charge in [0.25, 0.3) is 0 Å². The smallest absolute Gasteiger partial charge is 0.129 e. The maximum absolute atomic E-state index is 6.19. The molecule has 1 heterocycles. The van der Waals surface area contributed by atoms with Gasteiger partial charge in [-0.15, -0.1) is 0 Å². The predicted molar refractivity (Wildman–Crippen MR) is 83.2 cm³/mol. The minimum Gasteiger partial charge on any atom is -0.496 e. The number of anilines is 1. The number of nitrogens with zero attached hydrogens (tertiary/aromatic N) is 2. The number of ether oxygens (including phenoxy) is 1.